The van der Waals surface area contributed by atoms with Crippen molar-refractivity contribution in [1.29, 1.82) is 0 Å². The monoisotopic (exact) mass is 172 g/mol. The van der Waals surface area contributed by atoms with Crippen LogP contribution in [0.3, 0.4) is 0 Å². The van der Waals surface area contributed by atoms with Crippen LogP contribution in [0.15, 0.2) is 0 Å². The Bertz CT molecular complexity index is 130. The molecule has 0 fully saturated rings. The number of ether oxygens (including phenoxy) is 1. The second-order valence-corrected chi connectivity index (χ2v) is 3.41. The van der Waals surface area contributed by atoms with Gasteiger partial charge in [-0.05, 0) is 12.8 Å². The highest BCUT2D eigenvalue weighted by atomic mass is 16.5. The molecule has 0 saturated carbocycles. The molecule has 0 aromatic rings. The topological polar surface area (TPSA) is 26.3 Å². The van der Waals surface area contributed by atoms with Crippen LogP contribution in [0.5, 0.6) is 0 Å². The Kier molecular flexibility index (Phi) is 5.77. The van der Waals surface area contributed by atoms with Crippen LogP contribution in [-0.2, 0) is 9.53 Å². The van der Waals surface area contributed by atoms with Gasteiger partial charge in [-0.2, -0.15) is 0 Å². The average molecular weight is 172 g/mol. The summed E-state index contributed by atoms with van der Waals surface area (Å²) in [5, 5.41) is 0. The summed E-state index contributed by atoms with van der Waals surface area (Å²) in [7, 11) is 0. The van der Waals surface area contributed by atoms with Gasteiger partial charge in [-0.15, -0.1) is 0 Å². The number of hydrogen-bond donors (Lipinski definition) is 0. The molecular weight excluding hydrogens is 152 g/mol. The van der Waals surface area contributed by atoms with E-state index < -0.39 is 0 Å². The molecule has 1 atom stereocenters. The van der Waals surface area contributed by atoms with Crippen LogP contribution < -0.4 is 0 Å². The maximum atomic E-state index is 11.2. The minimum absolute atomic E-state index is 0.00379. The van der Waals surface area contributed by atoms with E-state index in [1.54, 1.807) is 0 Å². The van der Waals surface area contributed by atoms with Gasteiger partial charge in [0.25, 0.3) is 0 Å². The Balaban J connectivity index is 3.77. The molecule has 0 aliphatic rings. The van der Waals surface area contributed by atoms with Crippen molar-refractivity contribution < 1.29 is 9.53 Å². The highest BCUT2D eigenvalue weighted by Gasteiger charge is 2.14. The van der Waals surface area contributed by atoms with Crippen molar-refractivity contribution in [3.8, 4) is 0 Å². The highest BCUT2D eigenvalue weighted by molar-refractivity contribution is 5.71. The van der Waals surface area contributed by atoms with Crippen molar-refractivity contribution in [2.45, 2.75) is 53.1 Å². The minimum atomic E-state index is -0.0738. The van der Waals surface area contributed by atoms with Crippen LogP contribution in [0, 0.1) is 5.92 Å². The predicted molar refractivity (Wildman–Crippen MR) is 49.9 cm³/mol. The summed E-state index contributed by atoms with van der Waals surface area (Å²) in [5.74, 6) is -0.0776. The molecule has 0 radical (unpaired) electrons. The molecule has 1 unspecified atom stereocenters. The number of carbonyl (C=O) groups excluding carboxylic acids is 1. The van der Waals surface area contributed by atoms with Gasteiger partial charge in [0.1, 0.15) is 6.10 Å². The average Bonchev–Trinajstić information content (AvgIpc) is 2.03. The zero-order valence-electron chi connectivity index (χ0n) is 8.59. The zero-order chi connectivity index (χ0) is 9.56. The molecule has 0 N–H and O–H groups in total. The lowest BCUT2D eigenvalue weighted by Crippen LogP contribution is -2.20. The van der Waals surface area contributed by atoms with E-state index in [1.165, 1.54) is 0 Å². The Morgan fingerprint density at radius 1 is 1.33 bits per heavy atom. The first-order valence-electron chi connectivity index (χ1n) is 4.82. The number of hydrogen-bond acceptors (Lipinski definition) is 2. The minimum Gasteiger partial charge on any atom is -0.462 e. The molecule has 72 valence electrons. The van der Waals surface area contributed by atoms with Gasteiger partial charge in [0.05, 0.1) is 5.92 Å². The summed E-state index contributed by atoms with van der Waals surface area (Å²) in [6.07, 6.45) is 3.11. The van der Waals surface area contributed by atoms with Crippen LogP contribution in [0.1, 0.15) is 47.0 Å². The van der Waals surface area contributed by atoms with Crippen LogP contribution in [0.4, 0.5) is 0 Å². The van der Waals surface area contributed by atoms with E-state index in [0.29, 0.717) is 0 Å². The first kappa shape index (κ1) is 11.5. The van der Waals surface area contributed by atoms with Crippen LogP contribution in [0.2, 0.25) is 0 Å². The van der Waals surface area contributed by atoms with E-state index in [9.17, 15) is 4.79 Å². The highest BCUT2D eigenvalue weighted by Crippen LogP contribution is 2.09. The Hall–Kier alpha value is -0.530. The molecule has 0 heterocycles. The smallest absolute Gasteiger partial charge is 0.308 e. The fourth-order valence-electron chi connectivity index (χ4n) is 0.969. The van der Waals surface area contributed by atoms with Gasteiger partial charge in [-0.1, -0.05) is 34.1 Å². The van der Waals surface area contributed by atoms with Crippen molar-refractivity contribution in [3.05, 3.63) is 0 Å². The maximum Gasteiger partial charge on any atom is 0.308 e. The summed E-state index contributed by atoms with van der Waals surface area (Å²) in [5.41, 5.74) is 0. The predicted octanol–water partition coefficient (Wildman–Crippen LogP) is 2.76. The van der Waals surface area contributed by atoms with Gasteiger partial charge in [0.2, 0.25) is 0 Å². The molecule has 2 nitrogen and oxygen atoms in total. The van der Waals surface area contributed by atoms with Crippen LogP contribution in [0.25, 0.3) is 0 Å². The SMILES string of the molecule is CCCC(CC)OC(=O)C(C)C. The Morgan fingerprint density at radius 2 is 1.92 bits per heavy atom. The van der Waals surface area contributed by atoms with E-state index in [0.717, 1.165) is 19.3 Å². The lowest BCUT2D eigenvalue weighted by molar-refractivity contribution is -0.153. The van der Waals surface area contributed by atoms with Crippen molar-refractivity contribution in [1.82, 2.24) is 0 Å². The Labute approximate surface area is 75.3 Å². The summed E-state index contributed by atoms with van der Waals surface area (Å²) >= 11 is 0. The molecule has 0 spiro atoms. The lowest BCUT2D eigenvalue weighted by Gasteiger charge is -2.16. The van der Waals surface area contributed by atoms with E-state index in [-0.39, 0.29) is 18.0 Å². The lowest BCUT2D eigenvalue weighted by atomic mass is 10.1. The summed E-state index contributed by atoms with van der Waals surface area (Å²) < 4.78 is 5.26. The van der Waals surface area contributed by atoms with E-state index >= 15 is 0 Å². The molecule has 0 aliphatic heterocycles. The summed E-state index contributed by atoms with van der Waals surface area (Å²) in [6.45, 7) is 7.88. The van der Waals surface area contributed by atoms with Crippen molar-refractivity contribution >= 4 is 5.97 Å². The number of carbonyl (C=O) groups is 1. The Morgan fingerprint density at radius 3 is 2.25 bits per heavy atom. The van der Waals surface area contributed by atoms with E-state index in [4.69, 9.17) is 4.74 Å². The van der Waals surface area contributed by atoms with Gasteiger partial charge in [-0.3, -0.25) is 4.79 Å². The molecule has 0 rings (SSSR count). The molecule has 0 aliphatic carbocycles. The molecule has 12 heavy (non-hydrogen) atoms. The molecule has 0 amide bonds. The summed E-state index contributed by atoms with van der Waals surface area (Å²) in [4.78, 5) is 11.2. The molecule has 0 saturated heterocycles. The third kappa shape index (κ3) is 4.37. The van der Waals surface area contributed by atoms with Gasteiger partial charge < -0.3 is 4.74 Å². The molecule has 0 bridgehead atoms. The largest absolute Gasteiger partial charge is 0.462 e. The third-order valence-corrected chi connectivity index (χ3v) is 1.82. The standard InChI is InChI=1S/C10H20O2/c1-5-7-9(6-2)12-10(11)8(3)4/h8-9H,5-7H2,1-4H3. The second kappa shape index (κ2) is 6.04. The fourth-order valence-corrected chi connectivity index (χ4v) is 0.969. The van der Waals surface area contributed by atoms with Gasteiger partial charge in [-0.25, -0.2) is 0 Å². The van der Waals surface area contributed by atoms with Gasteiger partial charge in [0.15, 0.2) is 0 Å². The fraction of sp³-hybridized carbons (Fsp3) is 0.900. The zero-order valence-corrected chi connectivity index (χ0v) is 8.59. The van der Waals surface area contributed by atoms with Crippen molar-refractivity contribution in [3.63, 3.8) is 0 Å². The third-order valence-electron chi connectivity index (χ3n) is 1.82. The first-order chi connectivity index (χ1) is 5.61. The van der Waals surface area contributed by atoms with E-state index in [1.807, 2.05) is 20.8 Å². The molecule has 0 aromatic heterocycles. The van der Waals surface area contributed by atoms with Gasteiger partial charge in [0, 0.05) is 0 Å². The number of esters is 1. The van der Waals surface area contributed by atoms with E-state index in [2.05, 4.69) is 6.92 Å². The van der Waals surface area contributed by atoms with Gasteiger partial charge >= 0.3 is 5.97 Å². The molecule has 2 heteroatoms. The summed E-state index contributed by atoms with van der Waals surface area (Å²) in [6, 6.07) is 0. The van der Waals surface area contributed by atoms with Crippen LogP contribution in [-0.4, -0.2) is 12.1 Å². The normalized spacial score (nSPS) is 13.1. The van der Waals surface area contributed by atoms with Crippen molar-refractivity contribution in [2.75, 3.05) is 0 Å². The molecular formula is C10H20O2. The quantitative estimate of drug-likeness (QED) is 0.596. The second-order valence-electron chi connectivity index (χ2n) is 3.41. The number of rotatable bonds is 5. The first-order valence-corrected chi connectivity index (χ1v) is 4.82. The van der Waals surface area contributed by atoms with Crippen molar-refractivity contribution in [2.24, 2.45) is 5.92 Å². The van der Waals surface area contributed by atoms with Crippen LogP contribution >= 0.6 is 0 Å². The maximum absolute atomic E-state index is 11.2. The molecule has 0 aromatic carbocycles.